The van der Waals surface area contributed by atoms with Gasteiger partial charge in [0.1, 0.15) is 5.75 Å². The van der Waals surface area contributed by atoms with Crippen LogP contribution in [0.25, 0.3) is 0 Å². The fourth-order valence-corrected chi connectivity index (χ4v) is 2.03. The average Bonchev–Trinajstić information content (AvgIpc) is 2.72. The van der Waals surface area contributed by atoms with Crippen LogP contribution in [0.1, 0.15) is 12.0 Å². The molecule has 0 saturated carbocycles. The average molecular weight is 272 g/mol. The normalized spacial score (nSPS) is 20.7. The van der Waals surface area contributed by atoms with Crippen LogP contribution in [0.4, 0.5) is 0 Å². The van der Waals surface area contributed by atoms with Gasteiger partial charge in [-0.2, -0.15) is 0 Å². The molecule has 1 aromatic rings. The Kier molecular flexibility index (Phi) is 3.61. The fourth-order valence-electron chi connectivity index (χ4n) is 1.65. The summed E-state index contributed by atoms with van der Waals surface area (Å²) in [6, 6.07) is 5.75. The molecule has 82 valence electrons. The Labute approximate surface area is 97.6 Å². The summed E-state index contributed by atoms with van der Waals surface area (Å²) >= 11 is 3.46. The standard InChI is InChI=1S/C11H14BrNO2/c12-11-2-1-10(14)5-8(11)6-13-9-3-4-15-7-9/h1-2,5,9,13-14H,3-4,6-7H2. The topological polar surface area (TPSA) is 41.5 Å². The molecule has 1 unspecified atom stereocenters. The van der Waals surface area contributed by atoms with Gasteiger partial charge in [0.2, 0.25) is 0 Å². The lowest BCUT2D eigenvalue weighted by atomic mass is 10.2. The fraction of sp³-hybridized carbons (Fsp3) is 0.455. The van der Waals surface area contributed by atoms with Crippen molar-refractivity contribution in [1.82, 2.24) is 5.32 Å². The number of phenols is 1. The van der Waals surface area contributed by atoms with Gasteiger partial charge in [-0.3, -0.25) is 0 Å². The highest BCUT2D eigenvalue weighted by molar-refractivity contribution is 9.10. The first-order chi connectivity index (χ1) is 7.25. The summed E-state index contributed by atoms with van der Waals surface area (Å²) in [5, 5.41) is 12.8. The highest BCUT2D eigenvalue weighted by atomic mass is 79.9. The summed E-state index contributed by atoms with van der Waals surface area (Å²) in [6.07, 6.45) is 1.07. The van der Waals surface area contributed by atoms with Crippen LogP contribution >= 0.6 is 15.9 Å². The summed E-state index contributed by atoms with van der Waals surface area (Å²) < 4.78 is 6.30. The number of hydrogen-bond donors (Lipinski definition) is 2. The third-order valence-corrected chi connectivity index (χ3v) is 3.31. The van der Waals surface area contributed by atoms with Gasteiger partial charge in [0.05, 0.1) is 6.61 Å². The van der Waals surface area contributed by atoms with Gasteiger partial charge in [0.25, 0.3) is 0 Å². The van der Waals surface area contributed by atoms with Crippen LogP contribution in [0.5, 0.6) is 5.75 Å². The largest absolute Gasteiger partial charge is 0.508 e. The van der Waals surface area contributed by atoms with Crippen LogP contribution in [-0.4, -0.2) is 24.4 Å². The van der Waals surface area contributed by atoms with Crippen molar-refractivity contribution in [3.8, 4) is 5.75 Å². The molecule has 15 heavy (non-hydrogen) atoms. The van der Waals surface area contributed by atoms with E-state index >= 15 is 0 Å². The van der Waals surface area contributed by atoms with E-state index in [4.69, 9.17) is 4.74 Å². The van der Waals surface area contributed by atoms with E-state index in [2.05, 4.69) is 21.2 Å². The summed E-state index contributed by atoms with van der Waals surface area (Å²) in [5.41, 5.74) is 1.07. The Morgan fingerprint density at radius 3 is 3.13 bits per heavy atom. The van der Waals surface area contributed by atoms with E-state index in [-0.39, 0.29) is 0 Å². The van der Waals surface area contributed by atoms with Crippen molar-refractivity contribution in [3.63, 3.8) is 0 Å². The predicted molar refractivity (Wildman–Crippen MR) is 61.9 cm³/mol. The zero-order valence-corrected chi connectivity index (χ0v) is 9.96. The molecule has 0 aliphatic carbocycles. The minimum atomic E-state index is 0.303. The maximum absolute atomic E-state index is 9.36. The quantitative estimate of drug-likeness (QED) is 0.884. The Bertz CT molecular complexity index is 337. The maximum Gasteiger partial charge on any atom is 0.115 e. The van der Waals surface area contributed by atoms with Crippen molar-refractivity contribution in [1.29, 1.82) is 0 Å². The number of nitrogens with one attached hydrogen (secondary N) is 1. The van der Waals surface area contributed by atoms with E-state index in [9.17, 15) is 5.11 Å². The summed E-state index contributed by atoms with van der Waals surface area (Å²) in [6.45, 7) is 2.39. The zero-order chi connectivity index (χ0) is 10.7. The first-order valence-corrected chi connectivity index (χ1v) is 5.83. The lowest BCUT2D eigenvalue weighted by Gasteiger charge is -2.11. The van der Waals surface area contributed by atoms with Crippen molar-refractivity contribution >= 4 is 15.9 Å². The Hall–Kier alpha value is -0.580. The van der Waals surface area contributed by atoms with Gasteiger partial charge >= 0.3 is 0 Å². The molecule has 1 atom stereocenters. The van der Waals surface area contributed by atoms with Crippen LogP contribution in [-0.2, 0) is 11.3 Å². The second-order valence-corrected chi connectivity index (χ2v) is 4.57. The zero-order valence-electron chi connectivity index (χ0n) is 8.37. The molecule has 3 nitrogen and oxygen atoms in total. The Balaban J connectivity index is 1.94. The Morgan fingerprint density at radius 1 is 1.53 bits per heavy atom. The van der Waals surface area contributed by atoms with Crippen molar-refractivity contribution in [2.45, 2.75) is 19.0 Å². The van der Waals surface area contributed by atoms with Gasteiger partial charge in [0, 0.05) is 23.7 Å². The van der Waals surface area contributed by atoms with Gasteiger partial charge in [-0.25, -0.2) is 0 Å². The molecule has 0 amide bonds. The highest BCUT2D eigenvalue weighted by Gasteiger charge is 2.14. The predicted octanol–water partition coefficient (Wildman–Crippen LogP) is 2.03. The lowest BCUT2D eigenvalue weighted by molar-refractivity contribution is 0.190. The number of rotatable bonds is 3. The minimum absolute atomic E-state index is 0.303. The molecule has 0 radical (unpaired) electrons. The number of phenolic OH excluding ortho intramolecular Hbond substituents is 1. The second kappa shape index (κ2) is 4.96. The van der Waals surface area contributed by atoms with Gasteiger partial charge in [-0.05, 0) is 30.2 Å². The minimum Gasteiger partial charge on any atom is -0.508 e. The summed E-state index contributed by atoms with van der Waals surface area (Å²) in [7, 11) is 0. The van der Waals surface area contributed by atoms with Gasteiger partial charge in [-0.1, -0.05) is 15.9 Å². The molecule has 1 saturated heterocycles. The summed E-state index contributed by atoms with van der Waals surface area (Å²) in [4.78, 5) is 0. The van der Waals surface area contributed by atoms with Crippen LogP contribution in [0.2, 0.25) is 0 Å². The highest BCUT2D eigenvalue weighted by Crippen LogP contribution is 2.21. The monoisotopic (exact) mass is 271 g/mol. The van der Waals surface area contributed by atoms with E-state index in [1.807, 2.05) is 6.07 Å². The molecular weight excluding hydrogens is 258 g/mol. The second-order valence-electron chi connectivity index (χ2n) is 3.72. The molecule has 1 fully saturated rings. The number of hydrogen-bond acceptors (Lipinski definition) is 3. The van der Waals surface area contributed by atoms with E-state index < -0.39 is 0 Å². The summed E-state index contributed by atoms with van der Waals surface area (Å²) in [5.74, 6) is 0.303. The van der Waals surface area contributed by atoms with E-state index in [1.54, 1.807) is 12.1 Å². The molecule has 1 aromatic carbocycles. The van der Waals surface area contributed by atoms with Gasteiger partial charge in [0.15, 0.2) is 0 Å². The number of benzene rings is 1. The SMILES string of the molecule is Oc1ccc(Br)c(CNC2CCOC2)c1. The van der Waals surface area contributed by atoms with Crippen LogP contribution < -0.4 is 5.32 Å². The van der Waals surface area contributed by atoms with Crippen LogP contribution in [0, 0.1) is 0 Å². The van der Waals surface area contributed by atoms with E-state index in [1.165, 1.54) is 0 Å². The van der Waals surface area contributed by atoms with Crippen molar-refractivity contribution in [2.75, 3.05) is 13.2 Å². The maximum atomic E-state index is 9.36. The molecule has 1 aliphatic rings. The third-order valence-electron chi connectivity index (χ3n) is 2.54. The molecule has 1 heterocycles. The number of ether oxygens (including phenoxy) is 1. The molecule has 0 bridgehead atoms. The van der Waals surface area contributed by atoms with E-state index in [0.29, 0.717) is 11.8 Å². The Morgan fingerprint density at radius 2 is 2.40 bits per heavy atom. The van der Waals surface area contributed by atoms with Gasteiger partial charge in [-0.15, -0.1) is 0 Å². The molecule has 4 heteroatoms. The molecular formula is C11H14BrNO2. The van der Waals surface area contributed by atoms with Crippen molar-refractivity contribution in [3.05, 3.63) is 28.2 Å². The lowest BCUT2D eigenvalue weighted by Crippen LogP contribution is -2.28. The van der Waals surface area contributed by atoms with E-state index in [0.717, 1.165) is 36.2 Å². The number of halogens is 1. The number of aromatic hydroxyl groups is 1. The molecule has 0 spiro atoms. The first-order valence-electron chi connectivity index (χ1n) is 5.04. The molecule has 1 aliphatic heterocycles. The third kappa shape index (κ3) is 2.93. The van der Waals surface area contributed by atoms with Crippen LogP contribution in [0.3, 0.4) is 0 Å². The first kappa shape index (κ1) is 10.9. The molecule has 2 rings (SSSR count). The van der Waals surface area contributed by atoms with Crippen molar-refractivity contribution < 1.29 is 9.84 Å². The smallest absolute Gasteiger partial charge is 0.115 e. The van der Waals surface area contributed by atoms with Crippen molar-refractivity contribution in [2.24, 2.45) is 0 Å². The molecule has 0 aromatic heterocycles. The van der Waals surface area contributed by atoms with Gasteiger partial charge < -0.3 is 15.2 Å². The van der Waals surface area contributed by atoms with Crippen LogP contribution in [0.15, 0.2) is 22.7 Å². The molecule has 2 N–H and O–H groups in total.